The zero-order chi connectivity index (χ0) is 20.1. The molecule has 9 heteroatoms. The van der Waals surface area contributed by atoms with Gasteiger partial charge in [0.1, 0.15) is 5.82 Å². The van der Waals surface area contributed by atoms with Gasteiger partial charge in [0.05, 0.1) is 17.0 Å². The molecule has 0 aliphatic rings. The number of hydrogen-bond acceptors (Lipinski definition) is 5. The number of rotatable bonds is 7. The van der Waals surface area contributed by atoms with Crippen LogP contribution in [0, 0.1) is 12.7 Å². The van der Waals surface area contributed by atoms with E-state index in [9.17, 15) is 17.6 Å². The number of hydrogen-bond donors (Lipinski definition) is 2. The van der Waals surface area contributed by atoms with Crippen LogP contribution in [0.4, 0.5) is 9.52 Å². The first-order valence-corrected chi connectivity index (χ1v) is 10.7. The summed E-state index contributed by atoms with van der Waals surface area (Å²) in [6, 6.07) is 12.3. The summed E-state index contributed by atoms with van der Waals surface area (Å²) < 4.78 is 40.1. The molecule has 0 aliphatic carbocycles. The van der Waals surface area contributed by atoms with E-state index in [2.05, 4.69) is 15.0 Å². The number of carbonyl (C=O) groups is 1. The third-order valence-corrected chi connectivity index (χ3v) is 6.14. The molecule has 3 rings (SSSR count). The Bertz CT molecular complexity index is 1060. The third kappa shape index (κ3) is 5.37. The summed E-state index contributed by atoms with van der Waals surface area (Å²) in [5, 5.41) is 4.55. The first-order valence-electron chi connectivity index (χ1n) is 8.37. The number of aryl methyl sites for hydroxylation is 1. The second-order valence-electron chi connectivity index (χ2n) is 6.14. The van der Waals surface area contributed by atoms with Crippen molar-refractivity contribution in [2.45, 2.75) is 24.8 Å². The number of nitrogens with one attached hydrogen (secondary N) is 2. The lowest BCUT2D eigenvalue weighted by Gasteiger charge is -2.05. The molecule has 0 atom stereocenters. The van der Waals surface area contributed by atoms with Crippen LogP contribution in [-0.4, -0.2) is 19.3 Å². The molecule has 0 saturated heterocycles. The number of nitrogens with zero attached hydrogens (tertiary/aromatic N) is 1. The van der Waals surface area contributed by atoms with Gasteiger partial charge in [-0.05, 0) is 36.8 Å². The van der Waals surface area contributed by atoms with Gasteiger partial charge in [0.25, 0.3) is 10.0 Å². The summed E-state index contributed by atoms with van der Waals surface area (Å²) in [5.74, 6) is -0.597. The Balaban J connectivity index is 1.56. The molecule has 28 heavy (non-hydrogen) atoms. The molecule has 0 fully saturated rings. The van der Waals surface area contributed by atoms with E-state index in [-0.39, 0.29) is 34.7 Å². The van der Waals surface area contributed by atoms with Crippen molar-refractivity contribution in [2.75, 3.05) is 4.72 Å². The number of carbonyl (C=O) groups excluding carboxylic acids is 1. The summed E-state index contributed by atoms with van der Waals surface area (Å²) >= 11 is 1.11. The van der Waals surface area contributed by atoms with E-state index in [1.807, 2.05) is 6.92 Å². The predicted octanol–water partition coefficient (Wildman–Crippen LogP) is 3.25. The van der Waals surface area contributed by atoms with Gasteiger partial charge >= 0.3 is 0 Å². The van der Waals surface area contributed by atoms with Crippen molar-refractivity contribution in [3.63, 3.8) is 0 Å². The molecule has 0 aliphatic heterocycles. The van der Waals surface area contributed by atoms with E-state index in [0.717, 1.165) is 22.5 Å². The lowest BCUT2D eigenvalue weighted by Crippen LogP contribution is -2.24. The lowest BCUT2D eigenvalue weighted by molar-refractivity contribution is -0.120. The average Bonchev–Trinajstić information content (AvgIpc) is 3.07. The molecule has 6 nitrogen and oxygen atoms in total. The van der Waals surface area contributed by atoms with Gasteiger partial charge in [0.2, 0.25) is 5.91 Å². The molecule has 1 amide bonds. The van der Waals surface area contributed by atoms with E-state index in [1.54, 1.807) is 29.6 Å². The summed E-state index contributed by atoms with van der Waals surface area (Å²) in [6.45, 7) is 2.15. The van der Waals surface area contributed by atoms with Crippen LogP contribution < -0.4 is 10.0 Å². The number of anilines is 1. The first kappa shape index (κ1) is 20.0. The van der Waals surface area contributed by atoms with Crippen LogP contribution in [-0.2, 0) is 27.8 Å². The van der Waals surface area contributed by atoms with Crippen LogP contribution in [0.3, 0.4) is 0 Å². The van der Waals surface area contributed by atoms with Gasteiger partial charge in [-0.25, -0.2) is 17.8 Å². The van der Waals surface area contributed by atoms with Crippen molar-refractivity contribution in [2.24, 2.45) is 0 Å². The van der Waals surface area contributed by atoms with E-state index in [4.69, 9.17) is 0 Å². The van der Waals surface area contributed by atoms with Crippen LogP contribution in [0.5, 0.6) is 0 Å². The van der Waals surface area contributed by atoms with E-state index in [0.29, 0.717) is 5.69 Å². The number of sulfonamides is 1. The number of amides is 1. The summed E-state index contributed by atoms with van der Waals surface area (Å²) in [5.41, 5.74) is 2.20. The number of halogens is 1. The highest BCUT2D eigenvalue weighted by Crippen LogP contribution is 2.20. The van der Waals surface area contributed by atoms with Crippen molar-refractivity contribution in [3.05, 3.63) is 76.5 Å². The summed E-state index contributed by atoms with van der Waals surface area (Å²) in [6.07, 6.45) is 0.0178. The molecule has 0 radical (unpaired) electrons. The molecule has 1 heterocycles. The van der Waals surface area contributed by atoms with Crippen molar-refractivity contribution in [1.29, 1.82) is 0 Å². The molecule has 3 aromatic rings. The Morgan fingerprint density at radius 3 is 2.46 bits per heavy atom. The predicted molar refractivity (Wildman–Crippen MR) is 106 cm³/mol. The number of thiazole rings is 1. The van der Waals surface area contributed by atoms with Crippen LogP contribution in [0.1, 0.15) is 16.8 Å². The van der Waals surface area contributed by atoms with Gasteiger partial charge in [-0.15, -0.1) is 11.3 Å². The Morgan fingerprint density at radius 2 is 1.79 bits per heavy atom. The number of benzene rings is 2. The molecule has 1 aromatic heterocycles. The quantitative estimate of drug-likeness (QED) is 0.615. The minimum absolute atomic E-state index is 0.0178. The van der Waals surface area contributed by atoms with Crippen LogP contribution in [0.15, 0.2) is 58.8 Å². The highest BCUT2D eigenvalue weighted by Gasteiger charge is 2.16. The number of aromatic nitrogens is 1. The molecule has 146 valence electrons. The van der Waals surface area contributed by atoms with Gasteiger partial charge in [0.15, 0.2) is 5.13 Å². The Morgan fingerprint density at radius 1 is 1.11 bits per heavy atom. The molecule has 2 aromatic carbocycles. The van der Waals surface area contributed by atoms with Gasteiger partial charge < -0.3 is 5.32 Å². The van der Waals surface area contributed by atoms with Crippen molar-refractivity contribution >= 4 is 32.4 Å². The Hall–Kier alpha value is -2.78. The molecule has 0 spiro atoms. The maximum absolute atomic E-state index is 12.9. The molecular weight excluding hydrogens is 401 g/mol. The Kier molecular flexibility index (Phi) is 6.05. The average molecular weight is 420 g/mol. The smallest absolute Gasteiger partial charge is 0.263 e. The van der Waals surface area contributed by atoms with E-state index in [1.165, 1.54) is 24.3 Å². The molecular formula is C19H18FN3O3S2. The van der Waals surface area contributed by atoms with Gasteiger partial charge in [0, 0.05) is 11.9 Å². The maximum Gasteiger partial charge on any atom is 0.263 e. The van der Waals surface area contributed by atoms with Crippen molar-refractivity contribution in [3.8, 4) is 0 Å². The van der Waals surface area contributed by atoms with Crippen molar-refractivity contribution < 1.29 is 17.6 Å². The minimum Gasteiger partial charge on any atom is -0.352 e. The largest absolute Gasteiger partial charge is 0.352 e. The van der Waals surface area contributed by atoms with Gasteiger partial charge in [-0.1, -0.05) is 29.8 Å². The highest BCUT2D eigenvalue weighted by atomic mass is 32.2. The standard InChI is InChI=1S/C19H18FN3O3S2/c1-13-2-8-17(9-3-13)28(25,26)23-19-22-16(12-27-19)10-18(24)21-11-14-4-6-15(20)7-5-14/h2-9,12H,10-11H2,1H3,(H,21,24)(H,22,23). The first-order chi connectivity index (χ1) is 13.3. The zero-order valence-electron chi connectivity index (χ0n) is 15.0. The third-order valence-electron chi connectivity index (χ3n) is 3.85. The topological polar surface area (TPSA) is 88.2 Å². The second-order valence-corrected chi connectivity index (χ2v) is 8.68. The van der Waals surface area contributed by atoms with Crippen LogP contribution >= 0.6 is 11.3 Å². The molecule has 0 unspecified atom stereocenters. The molecule has 0 bridgehead atoms. The fraction of sp³-hybridized carbons (Fsp3) is 0.158. The molecule has 2 N–H and O–H groups in total. The zero-order valence-corrected chi connectivity index (χ0v) is 16.6. The SMILES string of the molecule is Cc1ccc(S(=O)(=O)Nc2nc(CC(=O)NCc3ccc(F)cc3)cs2)cc1. The van der Waals surface area contributed by atoms with Crippen LogP contribution in [0.25, 0.3) is 0 Å². The van der Waals surface area contributed by atoms with E-state index < -0.39 is 10.0 Å². The normalized spacial score (nSPS) is 11.2. The summed E-state index contributed by atoms with van der Waals surface area (Å²) in [7, 11) is -3.73. The highest BCUT2D eigenvalue weighted by molar-refractivity contribution is 7.93. The maximum atomic E-state index is 12.9. The Labute approximate surface area is 166 Å². The second kappa shape index (κ2) is 8.49. The fourth-order valence-electron chi connectivity index (χ4n) is 2.36. The monoisotopic (exact) mass is 419 g/mol. The van der Waals surface area contributed by atoms with Crippen molar-refractivity contribution in [1.82, 2.24) is 10.3 Å². The fourth-order valence-corrected chi connectivity index (χ4v) is 4.32. The minimum atomic E-state index is -3.73. The van der Waals surface area contributed by atoms with Crippen LogP contribution in [0.2, 0.25) is 0 Å². The van der Waals surface area contributed by atoms with E-state index >= 15 is 0 Å². The summed E-state index contributed by atoms with van der Waals surface area (Å²) in [4.78, 5) is 16.3. The molecule has 0 saturated carbocycles. The van der Waals surface area contributed by atoms with Gasteiger partial charge in [-0.2, -0.15) is 0 Å². The lowest BCUT2D eigenvalue weighted by atomic mass is 10.2. The van der Waals surface area contributed by atoms with Gasteiger partial charge in [-0.3, -0.25) is 9.52 Å².